The topological polar surface area (TPSA) is 18.5 Å². The third-order valence-electron chi connectivity index (χ3n) is 1.77. The fourth-order valence-electron chi connectivity index (χ4n) is 1.16. The van der Waals surface area contributed by atoms with Crippen molar-refractivity contribution < 1.29 is 9.47 Å². The molecule has 1 aliphatic rings. The van der Waals surface area contributed by atoms with Crippen LogP contribution in [0.15, 0.2) is 24.3 Å². The molecule has 0 N–H and O–H groups in total. The zero-order valence-corrected chi connectivity index (χ0v) is 6.99. The van der Waals surface area contributed by atoms with E-state index in [1.807, 2.05) is 24.3 Å². The summed E-state index contributed by atoms with van der Waals surface area (Å²) in [4.78, 5) is 0. The van der Waals surface area contributed by atoms with Crippen molar-refractivity contribution in [2.75, 3.05) is 6.79 Å². The van der Waals surface area contributed by atoms with Crippen LogP contribution in [-0.4, -0.2) is 6.79 Å². The lowest BCUT2D eigenvalue weighted by atomic mass is 10.2. The minimum Gasteiger partial charge on any atom is -0.454 e. The van der Waals surface area contributed by atoms with Gasteiger partial charge in [0.05, 0.1) is 0 Å². The van der Waals surface area contributed by atoms with E-state index < -0.39 is 0 Å². The Balaban J connectivity index is 2.32. The van der Waals surface area contributed by atoms with Gasteiger partial charge in [-0.25, -0.2) is 0 Å². The first-order chi connectivity index (χ1) is 6.40. The van der Waals surface area contributed by atoms with Crippen LogP contribution < -0.4 is 9.47 Å². The molecule has 1 aliphatic heterocycles. The third kappa shape index (κ3) is 1.50. The van der Waals surface area contributed by atoms with Gasteiger partial charge < -0.3 is 9.47 Å². The molecule has 2 nitrogen and oxygen atoms in total. The summed E-state index contributed by atoms with van der Waals surface area (Å²) in [6.45, 7) is 0.303. The van der Waals surface area contributed by atoms with E-state index >= 15 is 0 Å². The van der Waals surface area contributed by atoms with Crippen LogP contribution in [0.25, 0.3) is 6.08 Å². The van der Waals surface area contributed by atoms with E-state index in [4.69, 9.17) is 15.9 Å². The molecule has 2 heteroatoms. The second-order valence-electron chi connectivity index (χ2n) is 2.61. The molecule has 64 valence electrons. The van der Waals surface area contributed by atoms with Crippen LogP contribution in [0.4, 0.5) is 0 Å². The lowest BCUT2D eigenvalue weighted by molar-refractivity contribution is 0.174. The van der Waals surface area contributed by atoms with Crippen LogP contribution in [0.3, 0.4) is 0 Å². The maximum atomic E-state index is 5.21. The van der Waals surface area contributed by atoms with Crippen LogP contribution in [0, 0.1) is 12.3 Å². The molecule has 0 bridgehead atoms. The number of hydrogen-bond acceptors (Lipinski definition) is 2. The predicted molar refractivity (Wildman–Crippen MR) is 50.4 cm³/mol. The summed E-state index contributed by atoms with van der Waals surface area (Å²) in [7, 11) is 0. The molecule has 0 saturated carbocycles. The van der Waals surface area contributed by atoms with Gasteiger partial charge in [-0.3, -0.25) is 0 Å². The van der Waals surface area contributed by atoms with Crippen molar-refractivity contribution in [2.45, 2.75) is 0 Å². The fourth-order valence-corrected chi connectivity index (χ4v) is 1.16. The van der Waals surface area contributed by atoms with Crippen LogP contribution in [0.1, 0.15) is 5.56 Å². The Kier molecular flexibility index (Phi) is 1.93. The standard InChI is InChI=1S/C11H8O2/c1-2-3-4-9-5-6-10-11(7-9)13-8-12-10/h1,3-7H,8H2/b4-3-. The molecule has 0 atom stereocenters. The van der Waals surface area contributed by atoms with Crippen molar-refractivity contribution in [3.05, 3.63) is 29.8 Å². The number of fused-ring (bicyclic) bond motifs is 1. The van der Waals surface area contributed by atoms with E-state index in [1.54, 1.807) is 6.08 Å². The van der Waals surface area contributed by atoms with Gasteiger partial charge in [-0.15, -0.1) is 6.42 Å². The van der Waals surface area contributed by atoms with Crippen LogP contribution in [-0.2, 0) is 0 Å². The summed E-state index contributed by atoms with van der Waals surface area (Å²) in [5.74, 6) is 4.00. The van der Waals surface area contributed by atoms with E-state index in [0.717, 1.165) is 17.1 Å². The molecule has 1 heterocycles. The molecule has 2 rings (SSSR count). The number of allylic oxidation sites excluding steroid dienone is 1. The minimum atomic E-state index is 0.303. The second kappa shape index (κ2) is 3.24. The van der Waals surface area contributed by atoms with E-state index in [1.165, 1.54) is 0 Å². The lowest BCUT2D eigenvalue weighted by Crippen LogP contribution is -1.92. The van der Waals surface area contributed by atoms with E-state index in [-0.39, 0.29) is 0 Å². The van der Waals surface area contributed by atoms with E-state index in [9.17, 15) is 0 Å². The van der Waals surface area contributed by atoms with Gasteiger partial charge in [0, 0.05) is 0 Å². The first-order valence-corrected chi connectivity index (χ1v) is 3.92. The quantitative estimate of drug-likeness (QED) is 0.603. The van der Waals surface area contributed by atoms with Crippen molar-refractivity contribution in [3.8, 4) is 23.8 Å². The van der Waals surface area contributed by atoms with Crippen LogP contribution >= 0.6 is 0 Å². The molecular formula is C11H8O2. The SMILES string of the molecule is C#C/C=C\c1ccc2c(c1)OCO2. The minimum absolute atomic E-state index is 0.303. The zero-order valence-electron chi connectivity index (χ0n) is 6.99. The molecule has 1 aromatic carbocycles. The molecule has 0 spiro atoms. The number of terminal acetylenes is 1. The summed E-state index contributed by atoms with van der Waals surface area (Å²) >= 11 is 0. The highest BCUT2D eigenvalue weighted by Crippen LogP contribution is 2.32. The Morgan fingerprint density at radius 2 is 2.15 bits per heavy atom. The third-order valence-corrected chi connectivity index (χ3v) is 1.77. The Morgan fingerprint density at radius 3 is 3.00 bits per heavy atom. The van der Waals surface area contributed by atoms with Crippen molar-refractivity contribution in [1.29, 1.82) is 0 Å². The molecular weight excluding hydrogens is 164 g/mol. The predicted octanol–water partition coefficient (Wildman–Crippen LogP) is 2.06. The molecule has 0 unspecified atom stereocenters. The zero-order chi connectivity index (χ0) is 9.10. The molecule has 0 radical (unpaired) electrons. The summed E-state index contributed by atoms with van der Waals surface area (Å²) < 4.78 is 10.4. The monoisotopic (exact) mass is 172 g/mol. The van der Waals surface area contributed by atoms with Gasteiger partial charge in [-0.1, -0.05) is 12.0 Å². The van der Waals surface area contributed by atoms with E-state index in [0.29, 0.717) is 6.79 Å². The largest absolute Gasteiger partial charge is 0.454 e. The van der Waals surface area contributed by atoms with Crippen molar-refractivity contribution >= 4 is 6.08 Å². The molecule has 13 heavy (non-hydrogen) atoms. The van der Waals surface area contributed by atoms with Gasteiger partial charge in [0.25, 0.3) is 0 Å². The maximum absolute atomic E-state index is 5.21. The van der Waals surface area contributed by atoms with Crippen molar-refractivity contribution in [1.82, 2.24) is 0 Å². The first-order valence-electron chi connectivity index (χ1n) is 3.92. The van der Waals surface area contributed by atoms with Crippen LogP contribution in [0.2, 0.25) is 0 Å². The average molecular weight is 172 g/mol. The molecule has 0 amide bonds. The first kappa shape index (κ1) is 7.75. The lowest BCUT2D eigenvalue weighted by Gasteiger charge is -1.96. The van der Waals surface area contributed by atoms with Gasteiger partial charge in [0.1, 0.15) is 0 Å². The maximum Gasteiger partial charge on any atom is 0.231 e. The van der Waals surface area contributed by atoms with Gasteiger partial charge in [0.15, 0.2) is 11.5 Å². The molecule has 0 aromatic heterocycles. The highest BCUT2D eigenvalue weighted by molar-refractivity contribution is 5.58. The fraction of sp³-hybridized carbons (Fsp3) is 0.0909. The highest BCUT2D eigenvalue weighted by atomic mass is 16.7. The molecule has 0 fully saturated rings. The summed E-state index contributed by atoms with van der Waals surface area (Å²) in [5.41, 5.74) is 1.02. The second-order valence-corrected chi connectivity index (χ2v) is 2.61. The van der Waals surface area contributed by atoms with Gasteiger partial charge in [-0.2, -0.15) is 0 Å². The average Bonchev–Trinajstić information content (AvgIpc) is 2.61. The Hall–Kier alpha value is -1.88. The van der Waals surface area contributed by atoms with Crippen molar-refractivity contribution in [3.63, 3.8) is 0 Å². The van der Waals surface area contributed by atoms with E-state index in [2.05, 4.69) is 5.92 Å². The normalized spacial score (nSPS) is 13.2. The number of benzene rings is 1. The smallest absolute Gasteiger partial charge is 0.231 e. The number of ether oxygens (including phenoxy) is 2. The molecule has 1 aromatic rings. The van der Waals surface area contributed by atoms with Crippen LogP contribution in [0.5, 0.6) is 11.5 Å². The Morgan fingerprint density at radius 1 is 1.31 bits per heavy atom. The highest BCUT2D eigenvalue weighted by Gasteiger charge is 2.11. The Labute approximate surface area is 76.8 Å². The summed E-state index contributed by atoms with van der Waals surface area (Å²) in [5, 5.41) is 0. The van der Waals surface area contributed by atoms with Crippen molar-refractivity contribution in [2.24, 2.45) is 0 Å². The molecule has 0 saturated heterocycles. The van der Waals surface area contributed by atoms with Gasteiger partial charge in [0.2, 0.25) is 6.79 Å². The summed E-state index contributed by atoms with van der Waals surface area (Å²) in [6.07, 6.45) is 8.60. The summed E-state index contributed by atoms with van der Waals surface area (Å²) in [6, 6.07) is 5.70. The Bertz CT molecular complexity index is 386. The van der Waals surface area contributed by atoms with Gasteiger partial charge in [-0.05, 0) is 29.8 Å². The number of rotatable bonds is 1. The molecule has 0 aliphatic carbocycles. The number of hydrogen-bond donors (Lipinski definition) is 0. The van der Waals surface area contributed by atoms with Gasteiger partial charge >= 0.3 is 0 Å².